The number of fused-ring (bicyclic) bond motifs is 1. The summed E-state index contributed by atoms with van der Waals surface area (Å²) in [6.45, 7) is 3.19. The minimum Gasteiger partial charge on any atom is -0.506 e. The van der Waals surface area contributed by atoms with Crippen LogP contribution in [0.2, 0.25) is 0 Å². The molecule has 1 aromatic heterocycles. The summed E-state index contributed by atoms with van der Waals surface area (Å²) in [7, 11) is 0. The Morgan fingerprint density at radius 2 is 1.64 bits per heavy atom. The second-order valence-electron chi connectivity index (χ2n) is 5.96. The highest BCUT2D eigenvalue weighted by molar-refractivity contribution is 9.10. The summed E-state index contributed by atoms with van der Waals surface area (Å²) >= 11 is 3.24. The van der Waals surface area contributed by atoms with E-state index in [0.717, 1.165) is 0 Å². The van der Waals surface area contributed by atoms with E-state index in [4.69, 9.17) is 4.42 Å². The lowest BCUT2D eigenvalue weighted by molar-refractivity contribution is 0.159. The summed E-state index contributed by atoms with van der Waals surface area (Å²) < 4.78 is 6.01. The molecule has 7 heteroatoms. The van der Waals surface area contributed by atoms with Crippen molar-refractivity contribution < 1.29 is 29.9 Å². The summed E-state index contributed by atoms with van der Waals surface area (Å²) in [6, 6.07) is 5.69. The number of hydrogen-bond acceptors (Lipinski definition) is 6. The van der Waals surface area contributed by atoms with Crippen LogP contribution < -0.4 is 0 Å². The molecule has 0 amide bonds. The molecule has 1 heterocycles. The second-order valence-corrected chi connectivity index (χ2v) is 6.82. The van der Waals surface area contributed by atoms with Crippen LogP contribution in [0, 0.1) is 6.92 Å². The number of benzene rings is 2. The first-order valence-electron chi connectivity index (χ1n) is 7.54. The van der Waals surface area contributed by atoms with Gasteiger partial charge in [0.25, 0.3) is 0 Å². The van der Waals surface area contributed by atoms with Crippen molar-refractivity contribution in [3.63, 3.8) is 0 Å². The first kappa shape index (κ1) is 17.6. The van der Waals surface area contributed by atoms with E-state index in [0.29, 0.717) is 21.0 Å². The van der Waals surface area contributed by atoms with Crippen LogP contribution in [0.4, 0.5) is 0 Å². The second kappa shape index (κ2) is 6.25. The van der Waals surface area contributed by atoms with Gasteiger partial charge < -0.3 is 29.9 Å². The fourth-order valence-electron chi connectivity index (χ4n) is 2.84. The number of rotatable bonds is 3. The molecule has 132 valence electrons. The van der Waals surface area contributed by atoms with Crippen LogP contribution in [-0.2, 0) is 0 Å². The maximum atomic E-state index is 10.9. The molecule has 0 aliphatic heterocycles. The Balaban J connectivity index is 2.26. The monoisotopic (exact) mass is 408 g/mol. The van der Waals surface area contributed by atoms with E-state index < -0.39 is 12.2 Å². The molecule has 0 saturated carbocycles. The summed E-state index contributed by atoms with van der Waals surface area (Å²) in [6.07, 6.45) is -2.19. The Kier molecular flexibility index (Phi) is 4.40. The fourth-order valence-corrected chi connectivity index (χ4v) is 3.42. The van der Waals surface area contributed by atoms with E-state index >= 15 is 0 Å². The molecule has 2 atom stereocenters. The van der Waals surface area contributed by atoms with Gasteiger partial charge in [-0.15, -0.1) is 0 Å². The number of aliphatic hydroxyl groups excluding tert-OH is 2. The van der Waals surface area contributed by atoms with Crippen LogP contribution >= 0.6 is 15.9 Å². The Hall–Kier alpha value is -2.22. The topological polar surface area (TPSA) is 114 Å². The molecule has 6 nitrogen and oxygen atoms in total. The van der Waals surface area contributed by atoms with Gasteiger partial charge >= 0.3 is 0 Å². The summed E-state index contributed by atoms with van der Waals surface area (Å²) in [5.74, 6) is -0.509. The van der Waals surface area contributed by atoms with Crippen LogP contribution in [0.3, 0.4) is 0 Å². The van der Waals surface area contributed by atoms with Crippen molar-refractivity contribution in [2.24, 2.45) is 0 Å². The van der Waals surface area contributed by atoms with Crippen molar-refractivity contribution in [3.05, 3.63) is 51.2 Å². The maximum absolute atomic E-state index is 10.9. The van der Waals surface area contributed by atoms with Crippen molar-refractivity contribution in [1.82, 2.24) is 0 Å². The molecule has 2 unspecified atom stereocenters. The number of phenolic OH excluding ortho intramolecular Hbond substituents is 3. The molecular formula is C18H17BrO6. The van der Waals surface area contributed by atoms with Crippen LogP contribution in [0.25, 0.3) is 11.0 Å². The van der Waals surface area contributed by atoms with Gasteiger partial charge in [-0.05, 0) is 59.1 Å². The van der Waals surface area contributed by atoms with Gasteiger partial charge in [0.05, 0.1) is 4.47 Å². The number of aliphatic hydroxyl groups is 2. The molecule has 0 spiro atoms. The van der Waals surface area contributed by atoms with Gasteiger partial charge in [0.1, 0.15) is 29.3 Å². The molecule has 0 aliphatic carbocycles. The summed E-state index contributed by atoms with van der Waals surface area (Å²) in [5, 5.41) is 50.6. The number of aromatic hydroxyl groups is 3. The lowest BCUT2D eigenvalue weighted by atomic mass is 9.95. The third-order valence-electron chi connectivity index (χ3n) is 4.10. The van der Waals surface area contributed by atoms with Crippen molar-refractivity contribution in [2.75, 3.05) is 0 Å². The van der Waals surface area contributed by atoms with E-state index in [1.807, 2.05) is 0 Å². The molecule has 0 saturated heterocycles. The van der Waals surface area contributed by atoms with E-state index in [1.165, 1.54) is 19.1 Å². The van der Waals surface area contributed by atoms with Gasteiger partial charge in [0.2, 0.25) is 0 Å². The van der Waals surface area contributed by atoms with Gasteiger partial charge in [-0.3, -0.25) is 0 Å². The van der Waals surface area contributed by atoms with Gasteiger partial charge in [-0.2, -0.15) is 0 Å². The third-order valence-corrected chi connectivity index (χ3v) is 4.70. The SMILES string of the molecule is Cc1cc(C(O)c2c(C(C)O)oc3cc(O)c(O)cc23)cc(Br)c1O. The average molecular weight is 409 g/mol. The first-order chi connectivity index (χ1) is 11.7. The van der Waals surface area contributed by atoms with Crippen molar-refractivity contribution in [2.45, 2.75) is 26.1 Å². The third kappa shape index (κ3) is 2.95. The lowest BCUT2D eigenvalue weighted by Crippen LogP contribution is -2.04. The first-order valence-corrected chi connectivity index (χ1v) is 8.33. The maximum Gasteiger partial charge on any atom is 0.161 e. The number of phenols is 3. The minimum atomic E-state index is -1.18. The highest BCUT2D eigenvalue weighted by atomic mass is 79.9. The fraction of sp³-hybridized carbons (Fsp3) is 0.222. The van der Waals surface area contributed by atoms with Gasteiger partial charge in [-0.25, -0.2) is 0 Å². The zero-order valence-electron chi connectivity index (χ0n) is 13.5. The molecule has 2 aromatic carbocycles. The minimum absolute atomic E-state index is 0.0753. The van der Waals surface area contributed by atoms with Gasteiger partial charge in [0.15, 0.2) is 11.5 Å². The normalized spacial score (nSPS) is 14.0. The predicted octanol–water partition coefficient (Wildman–Crippen LogP) is 3.76. The zero-order valence-corrected chi connectivity index (χ0v) is 15.1. The lowest BCUT2D eigenvalue weighted by Gasteiger charge is -2.15. The van der Waals surface area contributed by atoms with Crippen molar-refractivity contribution in [1.29, 1.82) is 0 Å². The molecule has 0 fully saturated rings. The summed E-state index contributed by atoms with van der Waals surface area (Å²) in [5.41, 5.74) is 1.56. The van der Waals surface area contributed by atoms with E-state index in [1.54, 1.807) is 19.1 Å². The Morgan fingerprint density at radius 1 is 1.00 bits per heavy atom. The van der Waals surface area contributed by atoms with E-state index in [2.05, 4.69) is 15.9 Å². The Labute approximate surface area is 151 Å². The largest absolute Gasteiger partial charge is 0.506 e. The van der Waals surface area contributed by atoms with Crippen LogP contribution in [0.1, 0.15) is 41.6 Å². The Morgan fingerprint density at radius 3 is 2.24 bits per heavy atom. The van der Waals surface area contributed by atoms with Gasteiger partial charge in [0, 0.05) is 17.0 Å². The molecular weight excluding hydrogens is 392 g/mol. The van der Waals surface area contributed by atoms with Crippen LogP contribution in [-0.4, -0.2) is 25.5 Å². The molecule has 3 aromatic rings. The van der Waals surface area contributed by atoms with Gasteiger partial charge in [-0.1, -0.05) is 0 Å². The number of hydrogen-bond donors (Lipinski definition) is 5. The molecule has 25 heavy (non-hydrogen) atoms. The van der Waals surface area contributed by atoms with Crippen molar-refractivity contribution in [3.8, 4) is 17.2 Å². The standard InChI is InChI=1S/C18H17BrO6/c1-7-3-9(4-11(19)16(7)23)17(24)15-10-5-12(21)13(22)6-14(10)25-18(15)8(2)20/h3-6,8,17,20-24H,1-2H3. The molecule has 5 N–H and O–H groups in total. The highest BCUT2D eigenvalue weighted by Crippen LogP contribution is 2.42. The summed E-state index contributed by atoms with van der Waals surface area (Å²) in [4.78, 5) is 0. The van der Waals surface area contributed by atoms with Crippen molar-refractivity contribution >= 4 is 26.9 Å². The highest BCUT2D eigenvalue weighted by Gasteiger charge is 2.27. The number of halogens is 1. The smallest absolute Gasteiger partial charge is 0.161 e. The van der Waals surface area contributed by atoms with Crippen LogP contribution in [0.5, 0.6) is 17.2 Å². The van der Waals surface area contributed by atoms with E-state index in [9.17, 15) is 25.5 Å². The molecule has 0 radical (unpaired) electrons. The van der Waals surface area contributed by atoms with E-state index in [-0.39, 0.29) is 34.2 Å². The number of furan rings is 1. The predicted molar refractivity (Wildman–Crippen MR) is 94.8 cm³/mol. The number of aryl methyl sites for hydroxylation is 1. The molecule has 0 bridgehead atoms. The quantitative estimate of drug-likeness (QED) is 0.421. The molecule has 3 rings (SSSR count). The van der Waals surface area contributed by atoms with Crippen LogP contribution in [0.15, 0.2) is 33.2 Å². The average Bonchev–Trinajstić information content (AvgIpc) is 2.90. The zero-order chi connectivity index (χ0) is 18.5. The molecule has 0 aliphatic rings. The Bertz CT molecular complexity index is 937.